The standard InChI is InChI=1S/C18H15ClF2N2O3/c1-18(12-10-11(20)6-7-14(12)21)16(24)23(17(25)22-18)8-9-26-15-5-3-2-4-13(15)19/h2-7,10H,8-9H2,1H3,(H,22,25)/t18-/m0/s1. The van der Waals surface area contributed by atoms with Gasteiger partial charge in [0.2, 0.25) is 0 Å². The van der Waals surface area contributed by atoms with Crippen LogP contribution in [-0.4, -0.2) is 30.0 Å². The summed E-state index contributed by atoms with van der Waals surface area (Å²) in [5.41, 5.74) is -1.92. The van der Waals surface area contributed by atoms with E-state index < -0.39 is 29.1 Å². The summed E-state index contributed by atoms with van der Waals surface area (Å²) < 4.78 is 33.0. The molecule has 1 fully saturated rings. The highest BCUT2D eigenvalue weighted by Crippen LogP contribution is 2.31. The summed E-state index contributed by atoms with van der Waals surface area (Å²) in [4.78, 5) is 25.8. The molecule has 0 spiro atoms. The summed E-state index contributed by atoms with van der Waals surface area (Å²) in [6, 6.07) is 8.83. The number of carbonyl (C=O) groups excluding carboxylic acids is 2. The van der Waals surface area contributed by atoms with Gasteiger partial charge in [-0.15, -0.1) is 0 Å². The number of imide groups is 1. The van der Waals surface area contributed by atoms with Crippen LogP contribution in [0.4, 0.5) is 13.6 Å². The summed E-state index contributed by atoms with van der Waals surface area (Å²) in [6.07, 6.45) is 0. The lowest BCUT2D eigenvalue weighted by atomic mass is 9.91. The summed E-state index contributed by atoms with van der Waals surface area (Å²) in [5, 5.41) is 2.82. The van der Waals surface area contributed by atoms with Crippen molar-refractivity contribution in [1.29, 1.82) is 0 Å². The average Bonchev–Trinajstić information content (AvgIpc) is 2.82. The van der Waals surface area contributed by atoms with E-state index in [0.717, 1.165) is 23.1 Å². The summed E-state index contributed by atoms with van der Waals surface area (Å²) in [7, 11) is 0. The smallest absolute Gasteiger partial charge is 0.325 e. The van der Waals surface area contributed by atoms with Gasteiger partial charge in [-0.1, -0.05) is 23.7 Å². The molecule has 1 atom stereocenters. The molecule has 3 amide bonds. The molecule has 1 aliphatic rings. The number of amides is 3. The number of nitrogens with one attached hydrogen (secondary N) is 1. The first kappa shape index (κ1) is 18.1. The molecule has 5 nitrogen and oxygen atoms in total. The van der Waals surface area contributed by atoms with Crippen molar-refractivity contribution < 1.29 is 23.1 Å². The number of rotatable bonds is 5. The Balaban J connectivity index is 1.74. The highest BCUT2D eigenvalue weighted by atomic mass is 35.5. The van der Waals surface area contributed by atoms with Crippen LogP contribution in [0.1, 0.15) is 12.5 Å². The van der Waals surface area contributed by atoms with Crippen LogP contribution in [-0.2, 0) is 10.3 Å². The molecule has 0 bridgehead atoms. The molecular formula is C18H15ClF2N2O3. The van der Waals surface area contributed by atoms with Crippen LogP contribution in [0.3, 0.4) is 0 Å². The number of halogens is 3. The zero-order chi connectivity index (χ0) is 18.9. The molecule has 0 aromatic heterocycles. The number of hydrogen-bond donors (Lipinski definition) is 1. The largest absolute Gasteiger partial charge is 0.490 e. The van der Waals surface area contributed by atoms with Gasteiger partial charge in [-0.05, 0) is 37.3 Å². The molecule has 0 aliphatic carbocycles. The van der Waals surface area contributed by atoms with Crippen LogP contribution in [0.25, 0.3) is 0 Å². The highest BCUT2D eigenvalue weighted by Gasteiger charge is 2.50. The van der Waals surface area contributed by atoms with Crippen molar-refractivity contribution in [3.8, 4) is 5.75 Å². The second-order valence-corrected chi connectivity index (χ2v) is 6.32. The molecule has 3 rings (SSSR count). The minimum absolute atomic E-state index is 0.00457. The minimum Gasteiger partial charge on any atom is -0.490 e. The van der Waals surface area contributed by atoms with E-state index in [4.69, 9.17) is 16.3 Å². The number of para-hydroxylation sites is 1. The van der Waals surface area contributed by atoms with Gasteiger partial charge in [-0.3, -0.25) is 9.69 Å². The summed E-state index contributed by atoms with van der Waals surface area (Å²) in [5.74, 6) is -1.75. The maximum absolute atomic E-state index is 14.1. The molecular weight excluding hydrogens is 366 g/mol. The van der Waals surface area contributed by atoms with E-state index in [0.29, 0.717) is 10.8 Å². The molecule has 1 heterocycles. The van der Waals surface area contributed by atoms with Crippen LogP contribution in [0.15, 0.2) is 42.5 Å². The first-order valence-electron chi connectivity index (χ1n) is 7.80. The van der Waals surface area contributed by atoms with E-state index in [1.165, 1.54) is 6.92 Å². The Morgan fingerprint density at radius 2 is 1.92 bits per heavy atom. The van der Waals surface area contributed by atoms with Crippen LogP contribution < -0.4 is 10.1 Å². The molecule has 0 unspecified atom stereocenters. The molecule has 1 N–H and O–H groups in total. The van der Waals surface area contributed by atoms with E-state index in [1.807, 2.05) is 0 Å². The van der Waals surface area contributed by atoms with Gasteiger partial charge in [0, 0.05) is 5.56 Å². The van der Waals surface area contributed by atoms with Gasteiger partial charge in [0.1, 0.15) is 29.5 Å². The summed E-state index contributed by atoms with van der Waals surface area (Å²) in [6.45, 7) is 1.27. The fourth-order valence-corrected chi connectivity index (χ4v) is 2.96. The zero-order valence-corrected chi connectivity index (χ0v) is 14.5. The van der Waals surface area contributed by atoms with Crippen LogP contribution in [0.5, 0.6) is 5.75 Å². The topological polar surface area (TPSA) is 58.6 Å². The molecule has 1 aliphatic heterocycles. The third kappa shape index (κ3) is 3.22. The third-order valence-electron chi connectivity index (χ3n) is 4.15. The van der Waals surface area contributed by atoms with Crippen molar-refractivity contribution >= 4 is 23.5 Å². The Hall–Kier alpha value is -2.67. The fraction of sp³-hybridized carbons (Fsp3) is 0.222. The Morgan fingerprint density at radius 1 is 1.19 bits per heavy atom. The normalized spacial score (nSPS) is 19.6. The van der Waals surface area contributed by atoms with Crippen molar-refractivity contribution in [3.05, 3.63) is 64.7 Å². The van der Waals surface area contributed by atoms with Gasteiger partial charge in [-0.2, -0.15) is 0 Å². The molecule has 26 heavy (non-hydrogen) atoms. The fourth-order valence-electron chi connectivity index (χ4n) is 2.77. The zero-order valence-electron chi connectivity index (χ0n) is 13.8. The van der Waals surface area contributed by atoms with Gasteiger partial charge < -0.3 is 10.1 Å². The Kier molecular flexibility index (Phi) is 4.82. The van der Waals surface area contributed by atoms with Crippen molar-refractivity contribution in [2.45, 2.75) is 12.5 Å². The molecule has 0 radical (unpaired) electrons. The SMILES string of the molecule is C[C@@]1(c2cc(F)ccc2F)NC(=O)N(CCOc2ccccc2Cl)C1=O. The number of hydrogen-bond acceptors (Lipinski definition) is 3. The van der Waals surface area contributed by atoms with Crippen molar-refractivity contribution in [3.63, 3.8) is 0 Å². The molecule has 0 saturated carbocycles. The molecule has 8 heteroatoms. The van der Waals surface area contributed by atoms with E-state index in [9.17, 15) is 18.4 Å². The van der Waals surface area contributed by atoms with E-state index in [-0.39, 0.29) is 18.7 Å². The second kappa shape index (κ2) is 6.92. The Labute approximate surface area is 153 Å². The highest BCUT2D eigenvalue weighted by molar-refractivity contribution is 6.32. The number of ether oxygens (including phenoxy) is 1. The van der Waals surface area contributed by atoms with Crippen LogP contribution in [0, 0.1) is 11.6 Å². The van der Waals surface area contributed by atoms with E-state index in [2.05, 4.69) is 5.32 Å². The lowest BCUT2D eigenvalue weighted by Gasteiger charge is -2.22. The predicted octanol–water partition coefficient (Wildman–Crippen LogP) is 3.46. The maximum atomic E-state index is 14.1. The van der Waals surface area contributed by atoms with Crippen molar-refractivity contribution in [2.24, 2.45) is 0 Å². The summed E-state index contributed by atoms with van der Waals surface area (Å²) >= 11 is 5.97. The number of benzene rings is 2. The monoisotopic (exact) mass is 380 g/mol. The predicted molar refractivity (Wildman–Crippen MR) is 90.9 cm³/mol. The van der Waals surface area contributed by atoms with Gasteiger partial charge in [0.15, 0.2) is 0 Å². The number of nitrogens with zero attached hydrogens (tertiary/aromatic N) is 1. The third-order valence-corrected chi connectivity index (χ3v) is 4.46. The van der Waals surface area contributed by atoms with Crippen LogP contribution >= 0.6 is 11.6 Å². The van der Waals surface area contributed by atoms with Gasteiger partial charge in [0.05, 0.1) is 11.6 Å². The molecule has 2 aromatic rings. The first-order chi connectivity index (χ1) is 12.3. The van der Waals surface area contributed by atoms with Gasteiger partial charge in [-0.25, -0.2) is 13.6 Å². The van der Waals surface area contributed by atoms with E-state index >= 15 is 0 Å². The van der Waals surface area contributed by atoms with Crippen molar-refractivity contribution in [1.82, 2.24) is 10.2 Å². The average molecular weight is 381 g/mol. The molecule has 1 saturated heterocycles. The second-order valence-electron chi connectivity index (χ2n) is 5.91. The maximum Gasteiger partial charge on any atom is 0.325 e. The van der Waals surface area contributed by atoms with Crippen molar-refractivity contribution in [2.75, 3.05) is 13.2 Å². The lowest BCUT2D eigenvalue weighted by molar-refractivity contribution is -0.131. The lowest BCUT2D eigenvalue weighted by Crippen LogP contribution is -2.42. The first-order valence-corrected chi connectivity index (χ1v) is 8.17. The Morgan fingerprint density at radius 3 is 2.65 bits per heavy atom. The minimum atomic E-state index is -1.69. The molecule has 136 valence electrons. The van der Waals surface area contributed by atoms with Gasteiger partial charge >= 0.3 is 6.03 Å². The van der Waals surface area contributed by atoms with Gasteiger partial charge in [0.25, 0.3) is 5.91 Å². The quantitative estimate of drug-likeness (QED) is 0.808. The molecule has 2 aromatic carbocycles. The van der Waals surface area contributed by atoms with E-state index in [1.54, 1.807) is 24.3 Å². The number of carbonyl (C=O) groups is 2. The number of urea groups is 1. The van der Waals surface area contributed by atoms with Crippen LogP contribution in [0.2, 0.25) is 5.02 Å². The Bertz CT molecular complexity index is 877.